The number of aldehydes is 1. The normalized spacial score (nSPS) is 9.89. The molecule has 2 rings (SSSR count). The van der Waals surface area contributed by atoms with Crippen molar-refractivity contribution in [1.82, 2.24) is 0 Å². The highest BCUT2D eigenvalue weighted by Crippen LogP contribution is 2.17. The van der Waals surface area contributed by atoms with E-state index in [2.05, 4.69) is 0 Å². The maximum atomic E-state index is 12.0. The monoisotopic (exact) mass is 255 g/mol. The van der Waals surface area contributed by atoms with Crippen LogP contribution in [0.25, 0.3) is 0 Å². The molecule has 0 amide bonds. The number of anilines is 1. The van der Waals surface area contributed by atoms with Gasteiger partial charge < -0.3 is 10.5 Å². The highest BCUT2D eigenvalue weighted by Gasteiger charge is 2.15. The minimum absolute atomic E-state index is 0.119. The second-order valence-electron chi connectivity index (χ2n) is 3.99. The van der Waals surface area contributed by atoms with Gasteiger partial charge in [-0.3, -0.25) is 4.79 Å². The number of carbonyl (C=O) groups excluding carboxylic acids is 2. The third kappa shape index (κ3) is 2.98. The Bertz CT molecular complexity index is 594. The summed E-state index contributed by atoms with van der Waals surface area (Å²) in [6, 6.07) is 14.0. The average molecular weight is 255 g/mol. The molecule has 0 radical (unpaired) electrons. The quantitative estimate of drug-likeness (QED) is 0.517. The van der Waals surface area contributed by atoms with E-state index in [-0.39, 0.29) is 23.4 Å². The molecule has 2 N–H and O–H groups in total. The maximum absolute atomic E-state index is 12.0. The lowest BCUT2D eigenvalue weighted by atomic mass is 10.1. The highest BCUT2D eigenvalue weighted by atomic mass is 16.5. The van der Waals surface area contributed by atoms with Crippen LogP contribution in [0, 0.1) is 0 Å². The lowest BCUT2D eigenvalue weighted by Gasteiger charge is -2.08. The molecule has 0 aliphatic carbocycles. The largest absolute Gasteiger partial charge is 0.457 e. The van der Waals surface area contributed by atoms with E-state index in [1.54, 1.807) is 12.1 Å². The molecule has 0 aromatic heterocycles. The Morgan fingerprint density at radius 3 is 2.53 bits per heavy atom. The number of nitrogen functional groups attached to an aromatic ring is 1. The van der Waals surface area contributed by atoms with Crippen LogP contribution >= 0.6 is 0 Å². The summed E-state index contributed by atoms with van der Waals surface area (Å²) in [5, 5.41) is 0. The first kappa shape index (κ1) is 12.8. The summed E-state index contributed by atoms with van der Waals surface area (Å²) < 4.78 is 5.16. The summed E-state index contributed by atoms with van der Waals surface area (Å²) in [6.07, 6.45) is 0.593. The van der Waals surface area contributed by atoms with Crippen LogP contribution in [0.15, 0.2) is 48.5 Å². The molecule has 0 fully saturated rings. The number of hydrogen-bond donors (Lipinski definition) is 1. The zero-order valence-corrected chi connectivity index (χ0v) is 10.2. The number of carbonyl (C=O) groups is 2. The van der Waals surface area contributed by atoms with Gasteiger partial charge in [-0.15, -0.1) is 0 Å². The van der Waals surface area contributed by atoms with E-state index in [1.165, 1.54) is 6.07 Å². The number of benzene rings is 2. The predicted octanol–water partition coefficient (Wildman–Crippen LogP) is 2.44. The number of rotatable bonds is 4. The van der Waals surface area contributed by atoms with Gasteiger partial charge in [0.1, 0.15) is 6.61 Å². The fourth-order valence-corrected chi connectivity index (χ4v) is 1.72. The SMILES string of the molecule is Nc1cccc(C=O)c1C(=O)OCc1ccccc1. The number of ether oxygens (including phenoxy) is 1. The van der Waals surface area contributed by atoms with Crippen molar-refractivity contribution in [2.24, 2.45) is 0 Å². The molecule has 19 heavy (non-hydrogen) atoms. The molecule has 2 aromatic carbocycles. The molecule has 4 nitrogen and oxygen atoms in total. The van der Waals surface area contributed by atoms with E-state index in [0.717, 1.165) is 5.56 Å². The number of nitrogens with two attached hydrogens (primary N) is 1. The van der Waals surface area contributed by atoms with E-state index < -0.39 is 5.97 Å². The zero-order valence-electron chi connectivity index (χ0n) is 10.2. The topological polar surface area (TPSA) is 69.4 Å². The van der Waals surface area contributed by atoms with Gasteiger partial charge in [0.2, 0.25) is 0 Å². The van der Waals surface area contributed by atoms with Crippen molar-refractivity contribution < 1.29 is 14.3 Å². The molecular formula is C15H13NO3. The van der Waals surface area contributed by atoms with Crippen molar-refractivity contribution in [2.45, 2.75) is 6.61 Å². The molecule has 0 unspecified atom stereocenters. The highest BCUT2D eigenvalue weighted by molar-refractivity contribution is 6.02. The molecule has 0 bridgehead atoms. The second kappa shape index (κ2) is 5.82. The summed E-state index contributed by atoms with van der Waals surface area (Å²) >= 11 is 0. The van der Waals surface area contributed by atoms with Gasteiger partial charge in [-0.25, -0.2) is 4.79 Å². The fourth-order valence-electron chi connectivity index (χ4n) is 1.72. The summed E-state index contributed by atoms with van der Waals surface area (Å²) in [5.41, 5.74) is 7.17. The molecular weight excluding hydrogens is 242 g/mol. The van der Waals surface area contributed by atoms with Crippen molar-refractivity contribution in [3.8, 4) is 0 Å². The zero-order chi connectivity index (χ0) is 13.7. The lowest BCUT2D eigenvalue weighted by molar-refractivity contribution is 0.0472. The Kier molecular flexibility index (Phi) is 3.93. The molecule has 0 saturated carbocycles. The Morgan fingerprint density at radius 2 is 1.84 bits per heavy atom. The molecule has 96 valence electrons. The van der Waals surface area contributed by atoms with Crippen LogP contribution in [0.2, 0.25) is 0 Å². The third-order valence-electron chi connectivity index (χ3n) is 2.67. The van der Waals surface area contributed by atoms with E-state index in [9.17, 15) is 9.59 Å². The molecule has 0 saturated heterocycles. The molecule has 2 aromatic rings. The Morgan fingerprint density at radius 1 is 1.11 bits per heavy atom. The van der Waals surface area contributed by atoms with Crippen LogP contribution in [0.4, 0.5) is 5.69 Å². The number of esters is 1. The molecule has 0 aliphatic heterocycles. The van der Waals surface area contributed by atoms with E-state index >= 15 is 0 Å². The van der Waals surface area contributed by atoms with Crippen LogP contribution in [0.5, 0.6) is 0 Å². The predicted molar refractivity (Wildman–Crippen MR) is 71.8 cm³/mol. The Balaban J connectivity index is 2.15. The van der Waals surface area contributed by atoms with Gasteiger partial charge in [-0.1, -0.05) is 42.5 Å². The van der Waals surface area contributed by atoms with Crippen LogP contribution in [-0.2, 0) is 11.3 Å². The van der Waals surface area contributed by atoms with Crippen molar-refractivity contribution in [1.29, 1.82) is 0 Å². The third-order valence-corrected chi connectivity index (χ3v) is 2.67. The van der Waals surface area contributed by atoms with Gasteiger partial charge in [0.05, 0.1) is 5.56 Å². The van der Waals surface area contributed by atoms with Crippen LogP contribution < -0.4 is 5.73 Å². The van der Waals surface area contributed by atoms with Crippen LogP contribution in [-0.4, -0.2) is 12.3 Å². The van der Waals surface area contributed by atoms with Crippen LogP contribution in [0.3, 0.4) is 0 Å². The smallest absolute Gasteiger partial charge is 0.341 e. The van der Waals surface area contributed by atoms with E-state index in [1.807, 2.05) is 30.3 Å². The molecule has 0 spiro atoms. The standard InChI is InChI=1S/C15H13NO3/c16-13-8-4-7-12(9-17)14(13)15(18)19-10-11-5-2-1-3-6-11/h1-9H,10,16H2. The lowest BCUT2D eigenvalue weighted by Crippen LogP contribution is -2.11. The summed E-state index contributed by atoms with van der Waals surface area (Å²) in [5.74, 6) is -0.593. The molecule has 0 heterocycles. The average Bonchev–Trinajstić information content (AvgIpc) is 2.45. The van der Waals surface area contributed by atoms with Crippen molar-refractivity contribution in [3.05, 3.63) is 65.2 Å². The first-order chi connectivity index (χ1) is 9.22. The maximum Gasteiger partial charge on any atom is 0.341 e. The minimum atomic E-state index is -0.593. The van der Waals surface area contributed by atoms with Crippen LogP contribution in [0.1, 0.15) is 26.3 Å². The Labute approximate surface area is 110 Å². The van der Waals surface area contributed by atoms with Crippen molar-refractivity contribution in [2.75, 3.05) is 5.73 Å². The van der Waals surface area contributed by atoms with Crippen molar-refractivity contribution >= 4 is 17.9 Å². The molecule has 0 atom stereocenters. The first-order valence-electron chi connectivity index (χ1n) is 5.77. The first-order valence-corrected chi connectivity index (χ1v) is 5.77. The minimum Gasteiger partial charge on any atom is -0.457 e. The summed E-state index contributed by atoms with van der Waals surface area (Å²) in [6.45, 7) is 0.145. The molecule has 4 heteroatoms. The molecule has 0 aliphatic rings. The summed E-state index contributed by atoms with van der Waals surface area (Å²) in [4.78, 5) is 22.9. The van der Waals surface area contributed by atoms with Gasteiger partial charge in [0.15, 0.2) is 6.29 Å². The van der Waals surface area contributed by atoms with Gasteiger partial charge in [0, 0.05) is 11.3 Å². The second-order valence-corrected chi connectivity index (χ2v) is 3.99. The van der Waals surface area contributed by atoms with E-state index in [0.29, 0.717) is 6.29 Å². The van der Waals surface area contributed by atoms with E-state index in [4.69, 9.17) is 10.5 Å². The Hall–Kier alpha value is -2.62. The number of hydrogen-bond acceptors (Lipinski definition) is 4. The van der Waals surface area contributed by atoms with Crippen molar-refractivity contribution in [3.63, 3.8) is 0 Å². The summed E-state index contributed by atoms with van der Waals surface area (Å²) in [7, 11) is 0. The van der Waals surface area contributed by atoms with Gasteiger partial charge in [0.25, 0.3) is 0 Å². The fraction of sp³-hybridized carbons (Fsp3) is 0.0667. The van der Waals surface area contributed by atoms with Gasteiger partial charge in [-0.05, 0) is 11.6 Å². The van der Waals surface area contributed by atoms with Gasteiger partial charge >= 0.3 is 5.97 Å². The van der Waals surface area contributed by atoms with Gasteiger partial charge in [-0.2, -0.15) is 0 Å².